The molecule has 1 spiro atoms. The molecule has 0 aliphatic carbocycles. The van der Waals surface area contributed by atoms with E-state index < -0.39 is 5.72 Å². The van der Waals surface area contributed by atoms with Crippen molar-refractivity contribution in [1.29, 1.82) is 0 Å². The lowest BCUT2D eigenvalue weighted by Gasteiger charge is -2.32. The number of ether oxygens (including phenoxy) is 1. The molecule has 3 saturated heterocycles. The molecular formula is C19H23N3O4. The van der Waals surface area contributed by atoms with E-state index in [1.807, 2.05) is 35.2 Å². The summed E-state index contributed by atoms with van der Waals surface area (Å²) in [5, 5.41) is 2.62. The zero-order chi connectivity index (χ0) is 18.3. The SMILES string of the molecule is CCC(=O)NCC(=O)N1CC[C@@]23O[C@@H](c4ccccc4)CN2C(=O)C[C@@H]13. The quantitative estimate of drug-likeness (QED) is 0.865. The fraction of sp³-hybridized carbons (Fsp3) is 0.526. The predicted octanol–water partition coefficient (Wildman–Crippen LogP) is 0.814. The van der Waals surface area contributed by atoms with Crippen molar-refractivity contribution in [2.24, 2.45) is 0 Å². The van der Waals surface area contributed by atoms with Gasteiger partial charge in [-0.3, -0.25) is 14.4 Å². The lowest BCUT2D eigenvalue weighted by Crippen LogP contribution is -2.50. The Hall–Kier alpha value is -2.41. The average molecular weight is 357 g/mol. The molecule has 0 aromatic heterocycles. The molecule has 3 amide bonds. The van der Waals surface area contributed by atoms with Gasteiger partial charge in [0, 0.05) is 19.4 Å². The molecule has 0 unspecified atom stereocenters. The van der Waals surface area contributed by atoms with Gasteiger partial charge in [0.2, 0.25) is 17.7 Å². The number of amides is 3. The Morgan fingerprint density at radius 2 is 2.08 bits per heavy atom. The molecule has 3 atom stereocenters. The normalized spacial score (nSPS) is 29.7. The lowest BCUT2D eigenvalue weighted by molar-refractivity contribution is -0.142. The highest BCUT2D eigenvalue weighted by molar-refractivity contribution is 5.87. The summed E-state index contributed by atoms with van der Waals surface area (Å²) < 4.78 is 6.40. The van der Waals surface area contributed by atoms with Crippen LogP contribution in [0, 0.1) is 0 Å². The fourth-order valence-corrected chi connectivity index (χ4v) is 4.37. The summed E-state index contributed by atoms with van der Waals surface area (Å²) >= 11 is 0. The highest BCUT2D eigenvalue weighted by atomic mass is 16.5. The first-order valence-electron chi connectivity index (χ1n) is 9.14. The lowest BCUT2D eigenvalue weighted by atomic mass is 10.1. The van der Waals surface area contributed by atoms with E-state index in [9.17, 15) is 14.4 Å². The molecule has 26 heavy (non-hydrogen) atoms. The van der Waals surface area contributed by atoms with Gasteiger partial charge in [-0.05, 0) is 5.56 Å². The standard InChI is InChI=1S/C19H23N3O4/c1-2-16(23)20-11-18(25)21-9-8-19-15(21)10-17(24)22(19)12-14(26-19)13-6-4-3-5-7-13/h3-7,14-15H,2,8-12H2,1H3,(H,20,23)/t14-,15-,19+/m1/s1. The molecule has 3 fully saturated rings. The monoisotopic (exact) mass is 357 g/mol. The van der Waals surface area contributed by atoms with Crippen molar-refractivity contribution in [1.82, 2.24) is 15.1 Å². The number of carbonyl (C=O) groups is 3. The minimum atomic E-state index is -0.720. The maximum Gasteiger partial charge on any atom is 0.242 e. The summed E-state index contributed by atoms with van der Waals surface area (Å²) in [6, 6.07) is 9.59. The van der Waals surface area contributed by atoms with Gasteiger partial charge < -0.3 is 19.9 Å². The van der Waals surface area contributed by atoms with E-state index in [2.05, 4.69) is 5.32 Å². The number of benzene rings is 1. The van der Waals surface area contributed by atoms with Gasteiger partial charge in [0.05, 0.1) is 25.6 Å². The second-order valence-corrected chi connectivity index (χ2v) is 7.05. The van der Waals surface area contributed by atoms with Gasteiger partial charge in [-0.15, -0.1) is 0 Å². The Bertz CT molecular complexity index is 738. The summed E-state index contributed by atoms with van der Waals surface area (Å²) in [4.78, 5) is 40.1. The molecule has 1 aromatic carbocycles. The Morgan fingerprint density at radius 1 is 1.31 bits per heavy atom. The number of hydrogen-bond donors (Lipinski definition) is 1. The van der Waals surface area contributed by atoms with Crippen LogP contribution in [-0.4, -0.2) is 58.9 Å². The molecule has 1 N–H and O–H groups in total. The van der Waals surface area contributed by atoms with Gasteiger partial charge in [0.1, 0.15) is 6.10 Å². The molecule has 0 bridgehead atoms. The van der Waals surface area contributed by atoms with Crippen LogP contribution in [0.4, 0.5) is 0 Å². The van der Waals surface area contributed by atoms with Gasteiger partial charge in [0.25, 0.3) is 0 Å². The highest BCUT2D eigenvalue weighted by Gasteiger charge is 2.64. The van der Waals surface area contributed by atoms with Gasteiger partial charge in [-0.2, -0.15) is 0 Å². The van der Waals surface area contributed by atoms with Crippen molar-refractivity contribution in [3.8, 4) is 0 Å². The first-order valence-corrected chi connectivity index (χ1v) is 9.14. The highest BCUT2D eigenvalue weighted by Crippen LogP contribution is 2.50. The smallest absolute Gasteiger partial charge is 0.242 e. The van der Waals surface area contributed by atoms with Crippen LogP contribution in [0.1, 0.15) is 37.9 Å². The minimum absolute atomic E-state index is 0.0310. The summed E-state index contributed by atoms with van der Waals surface area (Å²) in [5.74, 6) is -0.281. The van der Waals surface area contributed by atoms with Crippen LogP contribution < -0.4 is 5.32 Å². The maximum atomic E-state index is 12.6. The molecule has 138 valence electrons. The second-order valence-electron chi connectivity index (χ2n) is 7.05. The summed E-state index contributed by atoms with van der Waals surface area (Å²) in [5.41, 5.74) is 0.324. The van der Waals surface area contributed by atoms with Gasteiger partial charge >= 0.3 is 0 Å². The maximum absolute atomic E-state index is 12.6. The van der Waals surface area contributed by atoms with E-state index in [-0.39, 0.29) is 42.8 Å². The molecule has 3 heterocycles. The predicted molar refractivity (Wildman–Crippen MR) is 92.7 cm³/mol. The average Bonchev–Trinajstić information content (AvgIpc) is 3.29. The first-order chi connectivity index (χ1) is 12.5. The van der Waals surface area contributed by atoms with E-state index in [1.54, 1.807) is 11.8 Å². The van der Waals surface area contributed by atoms with Gasteiger partial charge in [-0.25, -0.2) is 0 Å². The topological polar surface area (TPSA) is 79.0 Å². The zero-order valence-corrected chi connectivity index (χ0v) is 14.8. The minimum Gasteiger partial charge on any atom is -0.347 e. The van der Waals surface area contributed by atoms with Crippen LogP contribution in [0.15, 0.2) is 30.3 Å². The third-order valence-corrected chi connectivity index (χ3v) is 5.68. The van der Waals surface area contributed by atoms with Crippen LogP contribution in [0.3, 0.4) is 0 Å². The Labute approximate surface area is 152 Å². The van der Waals surface area contributed by atoms with Crippen LogP contribution in [0.5, 0.6) is 0 Å². The van der Waals surface area contributed by atoms with Crippen molar-refractivity contribution in [3.05, 3.63) is 35.9 Å². The summed E-state index contributed by atoms with van der Waals surface area (Å²) in [6.45, 7) is 2.77. The molecule has 7 heteroatoms. The zero-order valence-electron chi connectivity index (χ0n) is 14.8. The van der Waals surface area contributed by atoms with E-state index in [0.717, 1.165) is 5.56 Å². The Balaban J connectivity index is 1.52. The number of likely N-dealkylation sites (tertiary alicyclic amines) is 1. The van der Waals surface area contributed by atoms with Crippen LogP contribution in [0.25, 0.3) is 0 Å². The molecule has 1 aromatic rings. The van der Waals surface area contributed by atoms with E-state index in [1.165, 1.54) is 0 Å². The van der Waals surface area contributed by atoms with Crippen molar-refractivity contribution in [2.45, 2.75) is 44.1 Å². The molecule has 3 aliphatic heterocycles. The number of carbonyl (C=O) groups excluding carboxylic acids is 3. The van der Waals surface area contributed by atoms with E-state index in [4.69, 9.17) is 4.74 Å². The fourth-order valence-electron chi connectivity index (χ4n) is 4.37. The Kier molecular flexibility index (Phi) is 4.19. The molecule has 0 radical (unpaired) electrons. The number of hydrogen-bond acceptors (Lipinski definition) is 4. The van der Waals surface area contributed by atoms with E-state index >= 15 is 0 Å². The molecular weight excluding hydrogens is 334 g/mol. The van der Waals surface area contributed by atoms with E-state index in [0.29, 0.717) is 25.9 Å². The summed E-state index contributed by atoms with van der Waals surface area (Å²) in [7, 11) is 0. The Morgan fingerprint density at radius 3 is 2.81 bits per heavy atom. The van der Waals surface area contributed by atoms with Gasteiger partial charge in [0.15, 0.2) is 5.72 Å². The van der Waals surface area contributed by atoms with Crippen LogP contribution >= 0.6 is 0 Å². The molecule has 0 saturated carbocycles. The number of nitrogens with one attached hydrogen (secondary N) is 1. The first kappa shape index (κ1) is 17.0. The third kappa shape index (κ3) is 2.58. The third-order valence-electron chi connectivity index (χ3n) is 5.68. The summed E-state index contributed by atoms with van der Waals surface area (Å²) in [6.07, 6.45) is 1.07. The second kappa shape index (κ2) is 6.39. The molecule has 7 nitrogen and oxygen atoms in total. The van der Waals surface area contributed by atoms with Crippen LogP contribution in [-0.2, 0) is 19.1 Å². The number of nitrogens with zero attached hydrogens (tertiary/aromatic N) is 2. The number of rotatable bonds is 4. The van der Waals surface area contributed by atoms with Crippen LogP contribution in [0.2, 0.25) is 0 Å². The molecule has 4 rings (SSSR count). The van der Waals surface area contributed by atoms with Crippen molar-refractivity contribution in [3.63, 3.8) is 0 Å². The van der Waals surface area contributed by atoms with Crippen molar-refractivity contribution < 1.29 is 19.1 Å². The largest absolute Gasteiger partial charge is 0.347 e. The van der Waals surface area contributed by atoms with Gasteiger partial charge in [-0.1, -0.05) is 37.3 Å². The molecule has 3 aliphatic rings. The van der Waals surface area contributed by atoms with Crippen molar-refractivity contribution >= 4 is 17.7 Å². The van der Waals surface area contributed by atoms with Crippen molar-refractivity contribution in [2.75, 3.05) is 19.6 Å².